The number of aromatic nitrogens is 2. The summed E-state index contributed by atoms with van der Waals surface area (Å²) < 4.78 is 5.04. The second kappa shape index (κ2) is 4.24. The molecule has 4 nitrogen and oxygen atoms in total. The van der Waals surface area contributed by atoms with Crippen LogP contribution in [0.1, 0.15) is 17.9 Å². The highest BCUT2D eigenvalue weighted by molar-refractivity contribution is 7.08. The number of rotatable bonds is 3. The number of nitrogens with zero attached hydrogens (tertiary/aromatic N) is 3. The molecule has 0 aliphatic heterocycles. The fraction of sp³-hybridized carbons (Fsp3) is 0.300. The van der Waals surface area contributed by atoms with Crippen LogP contribution in [0.5, 0.6) is 0 Å². The second-order valence-corrected chi connectivity index (χ2v) is 3.88. The van der Waals surface area contributed by atoms with E-state index in [1.807, 2.05) is 23.8 Å². The summed E-state index contributed by atoms with van der Waals surface area (Å²) in [6.45, 7) is 2.01. The Morgan fingerprint density at radius 1 is 1.53 bits per heavy atom. The van der Waals surface area contributed by atoms with Gasteiger partial charge in [-0.15, -0.1) is 0 Å². The molecule has 0 fully saturated rings. The van der Waals surface area contributed by atoms with E-state index in [1.165, 1.54) is 0 Å². The summed E-state index contributed by atoms with van der Waals surface area (Å²) in [7, 11) is 0. The van der Waals surface area contributed by atoms with Crippen LogP contribution in [0.4, 0.5) is 0 Å². The maximum absolute atomic E-state index is 8.42. The molecule has 2 heterocycles. The van der Waals surface area contributed by atoms with Gasteiger partial charge in [0, 0.05) is 23.8 Å². The SMILES string of the molecule is Cc1cscc1-c1noc(CCC#N)n1. The lowest BCUT2D eigenvalue weighted by molar-refractivity contribution is 0.380. The van der Waals surface area contributed by atoms with Crippen molar-refractivity contribution in [1.82, 2.24) is 10.1 Å². The van der Waals surface area contributed by atoms with Crippen LogP contribution in [0.25, 0.3) is 11.4 Å². The summed E-state index contributed by atoms with van der Waals surface area (Å²) in [5, 5.41) is 16.3. The van der Waals surface area contributed by atoms with Crippen LogP contribution >= 0.6 is 11.3 Å². The molecule has 0 aliphatic rings. The molecule has 0 amide bonds. The average Bonchev–Trinajstić information content (AvgIpc) is 2.83. The molecule has 0 unspecified atom stereocenters. The Balaban J connectivity index is 2.21. The summed E-state index contributed by atoms with van der Waals surface area (Å²) in [5.41, 5.74) is 2.15. The largest absolute Gasteiger partial charge is 0.339 e. The molecule has 0 spiro atoms. The number of nitriles is 1. The Bertz CT molecular complexity index is 495. The zero-order valence-electron chi connectivity index (χ0n) is 8.23. The molecule has 0 aliphatic carbocycles. The first-order chi connectivity index (χ1) is 7.31. The molecule has 15 heavy (non-hydrogen) atoms. The van der Waals surface area contributed by atoms with Gasteiger partial charge in [0.25, 0.3) is 0 Å². The predicted octanol–water partition coefficient (Wildman–Crippen LogP) is 2.56. The Hall–Kier alpha value is -1.67. The topological polar surface area (TPSA) is 62.7 Å². The first-order valence-corrected chi connectivity index (χ1v) is 5.48. The van der Waals surface area contributed by atoms with Crippen LogP contribution in [0.15, 0.2) is 15.3 Å². The molecule has 0 N–H and O–H groups in total. The van der Waals surface area contributed by atoms with Crippen LogP contribution in [0.3, 0.4) is 0 Å². The van der Waals surface area contributed by atoms with Gasteiger partial charge in [0.15, 0.2) is 0 Å². The van der Waals surface area contributed by atoms with E-state index in [1.54, 1.807) is 11.3 Å². The molecule has 0 saturated heterocycles. The highest BCUT2D eigenvalue weighted by atomic mass is 32.1. The van der Waals surface area contributed by atoms with Crippen LogP contribution in [0, 0.1) is 18.3 Å². The lowest BCUT2D eigenvalue weighted by Crippen LogP contribution is -1.84. The van der Waals surface area contributed by atoms with Gasteiger partial charge in [0.1, 0.15) is 0 Å². The summed E-state index contributed by atoms with van der Waals surface area (Å²) in [6.07, 6.45) is 0.928. The van der Waals surface area contributed by atoms with Crippen LogP contribution in [0.2, 0.25) is 0 Å². The van der Waals surface area contributed by atoms with Gasteiger partial charge in [0.2, 0.25) is 11.7 Å². The average molecular weight is 219 g/mol. The zero-order chi connectivity index (χ0) is 10.7. The maximum atomic E-state index is 8.42. The highest BCUT2D eigenvalue weighted by Crippen LogP contribution is 2.24. The normalized spacial score (nSPS) is 10.1. The lowest BCUT2D eigenvalue weighted by atomic mass is 10.2. The standard InChI is InChI=1S/C10H9N3OS/c1-7-5-15-6-8(7)10-12-9(14-13-10)3-2-4-11/h5-6H,2-3H2,1H3. The van der Waals surface area contributed by atoms with Crippen molar-refractivity contribution in [2.45, 2.75) is 19.8 Å². The van der Waals surface area contributed by atoms with Crippen molar-refractivity contribution in [3.63, 3.8) is 0 Å². The Morgan fingerprint density at radius 2 is 2.40 bits per heavy atom. The molecule has 2 rings (SSSR count). The van der Waals surface area contributed by atoms with E-state index in [9.17, 15) is 0 Å². The molecule has 0 radical (unpaired) electrons. The third-order valence-electron chi connectivity index (χ3n) is 2.02. The number of aryl methyl sites for hydroxylation is 2. The summed E-state index contributed by atoms with van der Waals surface area (Å²) >= 11 is 1.61. The van der Waals surface area contributed by atoms with E-state index in [2.05, 4.69) is 10.1 Å². The molecule has 0 bridgehead atoms. The highest BCUT2D eigenvalue weighted by Gasteiger charge is 2.10. The Morgan fingerprint density at radius 3 is 3.07 bits per heavy atom. The van der Waals surface area contributed by atoms with E-state index >= 15 is 0 Å². The van der Waals surface area contributed by atoms with Crippen molar-refractivity contribution < 1.29 is 4.52 Å². The molecule has 0 aromatic carbocycles. The van der Waals surface area contributed by atoms with Gasteiger partial charge in [-0.1, -0.05) is 5.16 Å². The first kappa shape index (κ1) is 9.87. The molecule has 0 saturated carbocycles. The monoisotopic (exact) mass is 219 g/mol. The molecule has 2 aromatic heterocycles. The van der Waals surface area contributed by atoms with Crippen molar-refractivity contribution in [3.8, 4) is 17.5 Å². The molecule has 5 heteroatoms. The van der Waals surface area contributed by atoms with Gasteiger partial charge in [0.05, 0.1) is 6.07 Å². The van der Waals surface area contributed by atoms with Gasteiger partial charge < -0.3 is 4.52 Å². The van der Waals surface area contributed by atoms with E-state index in [0.717, 1.165) is 11.1 Å². The molecular weight excluding hydrogens is 210 g/mol. The Labute approximate surface area is 91.2 Å². The van der Waals surface area contributed by atoms with Gasteiger partial charge in [-0.25, -0.2) is 0 Å². The van der Waals surface area contributed by atoms with E-state index in [4.69, 9.17) is 9.78 Å². The predicted molar refractivity (Wildman–Crippen MR) is 56.3 cm³/mol. The van der Waals surface area contributed by atoms with Crippen LogP contribution in [-0.2, 0) is 6.42 Å². The minimum absolute atomic E-state index is 0.407. The van der Waals surface area contributed by atoms with Crippen molar-refractivity contribution in [2.75, 3.05) is 0 Å². The van der Waals surface area contributed by atoms with Crippen molar-refractivity contribution in [1.29, 1.82) is 5.26 Å². The smallest absolute Gasteiger partial charge is 0.227 e. The quantitative estimate of drug-likeness (QED) is 0.795. The summed E-state index contributed by atoms with van der Waals surface area (Å²) in [5.74, 6) is 1.14. The van der Waals surface area contributed by atoms with E-state index < -0.39 is 0 Å². The maximum Gasteiger partial charge on any atom is 0.227 e. The summed E-state index contributed by atoms with van der Waals surface area (Å²) in [6, 6.07) is 2.05. The molecule has 2 aromatic rings. The van der Waals surface area contributed by atoms with Gasteiger partial charge in [-0.3, -0.25) is 0 Å². The minimum atomic E-state index is 0.407. The van der Waals surface area contributed by atoms with Crippen molar-refractivity contribution in [2.24, 2.45) is 0 Å². The number of hydrogen-bond donors (Lipinski definition) is 0. The van der Waals surface area contributed by atoms with E-state index in [0.29, 0.717) is 24.6 Å². The molecule has 76 valence electrons. The van der Waals surface area contributed by atoms with Gasteiger partial charge in [-0.2, -0.15) is 21.6 Å². The third kappa shape index (κ3) is 2.05. The fourth-order valence-electron chi connectivity index (χ4n) is 1.22. The van der Waals surface area contributed by atoms with Crippen molar-refractivity contribution in [3.05, 3.63) is 22.2 Å². The molecular formula is C10H9N3OS. The number of thiophene rings is 1. The Kier molecular flexibility index (Phi) is 2.79. The van der Waals surface area contributed by atoms with E-state index in [-0.39, 0.29) is 0 Å². The molecule has 0 atom stereocenters. The van der Waals surface area contributed by atoms with Crippen LogP contribution < -0.4 is 0 Å². The van der Waals surface area contributed by atoms with Crippen LogP contribution in [-0.4, -0.2) is 10.1 Å². The fourth-order valence-corrected chi connectivity index (χ4v) is 2.04. The third-order valence-corrected chi connectivity index (χ3v) is 2.88. The number of hydrogen-bond acceptors (Lipinski definition) is 5. The minimum Gasteiger partial charge on any atom is -0.339 e. The first-order valence-electron chi connectivity index (χ1n) is 4.54. The van der Waals surface area contributed by atoms with Gasteiger partial charge in [-0.05, 0) is 17.9 Å². The second-order valence-electron chi connectivity index (χ2n) is 3.14. The lowest BCUT2D eigenvalue weighted by Gasteiger charge is -1.88. The zero-order valence-corrected chi connectivity index (χ0v) is 9.04. The van der Waals surface area contributed by atoms with Gasteiger partial charge >= 0.3 is 0 Å². The summed E-state index contributed by atoms with van der Waals surface area (Å²) in [4.78, 5) is 4.23. The van der Waals surface area contributed by atoms with Crippen molar-refractivity contribution >= 4 is 11.3 Å².